The molecule has 0 unspecified atom stereocenters. The third kappa shape index (κ3) is 3.78. The molecule has 3 rings (SSSR count). The van der Waals surface area contributed by atoms with Crippen molar-refractivity contribution < 1.29 is 18.3 Å². The lowest BCUT2D eigenvalue weighted by Crippen LogP contribution is -2.48. The number of carboxylic acids is 1. The van der Waals surface area contributed by atoms with Gasteiger partial charge in [0.05, 0.1) is 10.5 Å². The van der Waals surface area contributed by atoms with E-state index in [2.05, 4.69) is 4.90 Å². The van der Waals surface area contributed by atoms with Crippen LogP contribution in [-0.2, 0) is 10.0 Å². The fraction of sp³-hybridized carbons (Fsp3) is 0.235. The molecule has 0 atom stereocenters. The van der Waals surface area contributed by atoms with Gasteiger partial charge >= 0.3 is 5.97 Å². The van der Waals surface area contributed by atoms with E-state index in [1.54, 1.807) is 12.1 Å². The molecule has 1 N–H and O–H groups in total. The second-order valence-electron chi connectivity index (χ2n) is 5.70. The summed E-state index contributed by atoms with van der Waals surface area (Å²) < 4.78 is 26.9. The molecule has 8 heteroatoms. The Kier molecular flexibility index (Phi) is 4.99. The average molecular weight is 381 g/mol. The number of anilines is 1. The Bertz CT molecular complexity index is 876. The summed E-state index contributed by atoms with van der Waals surface area (Å²) in [6, 6.07) is 12.9. The molecule has 132 valence electrons. The summed E-state index contributed by atoms with van der Waals surface area (Å²) in [6.07, 6.45) is 0. The van der Waals surface area contributed by atoms with Gasteiger partial charge in [0, 0.05) is 36.9 Å². The fourth-order valence-electron chi connectivity index (χ4n) is 2.78. The summed E-state index contributed by atoms with van der Waals surface area (Å²) in [5.74, 6) is -1.15. The quantitative estimate of drug-likeness (QED) is 0.881. The van der Waals surface area contributed by atoms with Crippen LogP contribution in [0.4, 0.5) is 5.69 Å². The molecule has 0 spiro atoms. The molecule has 1 saturated heterocycles. The fourth-order valence-corrected chi connectivity index (χ4v) is 4.37. The number of nitrogens with zero attached hydrogens (tertiary/aromatic N) is 2. The van der Waals surface area contributed by atoms with Crippen LogP contribution in [0.3, 0.4) is 0 Å². The maximum atomic E-state index is 12.7. The van der Waals surface area contributed by atoms with Crippen molar-refractivity contribution in [3.8, 4) is 0 Å². The maximum Gasteiger partial charge on any atom is 0.335 e. The number of hydrogen-bond acceptors (Lipinski definition) is 4. The van der Waals surface area contributed by atoms with Crippen LogP contribution < -0.4 is 4.90 Å². The van der Waals surface area contributed by atoms with E-state index >= 15 is 0 Å². The number of sulfonamides is 1. The zero-order valence-corrected chi connectivity index (χ0v) is 14.9. The van der Waals surface area contributed by atoms with Crippen molar-refractivity contribution in [3.05, 3.63) is 59.1 Å². The molecular weight excluding hydrogens is 364 g/mol. The standard InChI is InChI=1S/C17H17ClN2O4S/c18-14-4-6-15(7-5-14)19-8-10-20(11-9-19)25(23,24)16-3-1-2-13(12-16)17(21)22/h1-7,12H,8-11H2,(H,21,22). The Morgan fingerprint density at radius 1 is 1.00 bits per heavy atom. The van der Waals surface area contributed by atoms with Gasteiger partial charge in [0.2, 0.25) is 10.0 Å². The molecule has 1 aliphatic rings. The van der Waals surface area contributed by atoms with Crippen LogP contribution in [0.5, 0.6) is 0 Å². The molecule has 6 nitrogen and oxygen atoms in total. The third-order valence-corrected chi connectivity index (χ3v) is 6.30. The first kappa shape index (κ1) is 17.7. The predicted molar refractivity (Wildman–Crippen MR) is 95.8 cm³/mol. The monoisotopic (exact) mass is 380 g/mol. The Labute approximate surface area is 151 Å². The van der Waals surface area contributed by atoms with E-state index in [1.807, 2.05) is 12.1 Å². The van der Waals surface area contributed by atoms with Crippen LogP contribution >= 0.6 is 11.6 Å². The number of rotatable bonds is 4. The largest absolute Gasteiger partial charge is 0.478 e. The average Bonchev–Trinajstić information content (AvgIpc) is 2.62. The maximum absolute atomic E-state index is 12.7. The molecule has 2 aromatic rings. The summed E-state index contributed by atoms with van der Waals surface area (Å²) in [5, 5.41) is 9.70. The van der Waals surface area contributed by atoms with Crippen molar-refractivity contribution in [1.29, 1.82) is 0 Å². The topological polar surface area (TPSA) is 77.9 Å². The summed E-state index contributed by atoms with van der Waals surface area (Å²) in [6.45, 7) is 1.78. The van der Waals surface area contributed by atoms with Gasteiger partial charge in [0.1, 0.15) is 0 Å². The van der Waals surface area contributed by atoms with Crippen LogP contribution in [0.2, 0.25) is 5.02 Å². The number of halogens is 1. The van der Waals surface area contributed by atoms with Crippen LogP contribution in [-0.4, -0.2) is 50.0 Å². The zero-order valence-electron chi connectivity index (χ0n) is 13.3. The lowest BCUT2D eigenvalue weighted by atomic mass is 10.2. The summed E-state index contributed by atoms with van der Waals surface area (Å²) in [7, 11) is -3.71. The van der Waals surface area contributed by atoms with Gasteiger partial charge in [-0.3, -0.25) is 0 Å². The van der Waals surface area contributed by atoms with Crippen molar-refractivity contribution in [2.75, 3.05) is 31.1 Å². The first-order chi connectivity index (χ1) is 11.9. The molecule has 2 aromatic carbocycles. The van der Waals surface area contributed by atoms with Crippen molar-refractivity contribution in [3.63, 3.8) is 0 Å². The second-order valence-corrected chi connectivity index (χ2v) is 8.07. The Morgan fingerprint density at radius 3 is 2.24 bits per heavy atom. The highest BCUT2D eigenvalue weighted by atomic mass is 35.5. The molecule has 0 bridgehead atoms. The summed E-state index contributed by atoms with van der Waals surface area (Å²) in [4.78, 5) is 13.2. The first-order valence-electron chi connectivity index (χ1n) is 7.72. The van der Waals surface area contributed by atoms with E-state index in [0.717, 1.165) is 5.69 Å². The predicted octanol–water partition coefficient (Wildman–Crippen LogP) is 2.55. The molecule has 0 amide bonds. The number of carbonyl (C=O) groups is 1. The van der Waals surface area contributed by atoms with E-state index < -0.39 is 16.0 Å². The third-order valence-electron chi connectivity index (χ3n) is 4.15. The van der Waals surface area contributed by atoms with Gasteiger partial charge in [-0.1, -0.05) is 17.7 Å². The number of aromatic carboxylic acids is 1. The van der Waals surface area contributed by atoms with Crippen molar-refractivity contribution in [2.24, 2.45) is 0 Å². The zero-order chi connectivity index (χ0) is 18.0. The van der Waals surface area contributed by atoms with Crippen LogP contribution in [0, 0.1) is 0 Å². The number of carboxylic acid groups (broad SMARTS) is 1. The molecule has 0 saturated carbocycles. The van der Waals surface area contributed by atoms with E-state index in [9.17, 15) is 13.2 Å². The first-order valence-corrected chi connectivity index (χ1v) is 9.54. The highest BCUT2D eigenvalue weighted by Gasteiger charge is 2.29. The van der Waals surface area contributed by atoms with Crippen LogP contribution in [0.1, 0.15) is 10.4 Å². The highest BCUT2D eigenvalue weighted by molar-refractivity contribution is 7.89. The van der Waals surface area contributed by atoms with Gasteiger partial charge in [0.25, 0.3) is 0 Å². The van der Waals surface area contributed by atoms with Crippen LogP contribution in [0.15, 0.2) is 53.4 Å². The van der Waals surface area contributed by atoms with E-state index in [4.69, 9.17) is 16.7 Å². The van der Waals surface area contributed by atoms with Crippen molar-refractivity contribution in [1.82, 2.24) is 4.31 Å². The molecule has 25 heavy (non-hydrogen) atoms. The van der Waals surface area contributed by atoms with Crippen molar-refractivity contribution >= 4 is 33.3 Å². The van der Waals surface area contributed by atoms with E-state index in [1.165, 1.54) is 28.6 Å². The normalized spacial score (nSPS) is 16.0. The minimum absolute atomic E-state index is 0.00680. The molecule has 1 fully saturated rings. The Balaban J connectivity index is 1.74. The lowest BCUT2D eigenvalue weighted by molar-refractivity contribution is 0.0696. The highest BCUT2D eigenvalue weighted by Crippen LogP contribution is 2.23. The lowest BCUT2D eigenvalue weighted by Gasteiger charge is -2.35. The molecule has 0 aromatic heterocycles. The number of benzene rings is 2. The summed E-state index contributed by atoms with van der Waals surface area (Å²) in [5.41, 5.74) is 0.954. The summed E-state index contributed by atoms with van der Waals surface area (Å²) >= 11 is 5.89. The molecule has 1 heterocycles. The van der Waals surface area contributed by atoms with Crippen LogP contribution in [0.25, 0.3) is 0 Å². The van der Waals surface area contributed by atoms with Gasteiger partial charge in [-0.25, -0.2) is 13.2 Å². The molecular formula is C17H17ClN2O4S. The van der Waals surface area contributed by atoms with Gasteiger partial charge in [-0.15, -0.1) is 0 Å². The van der Waals surface area contributed by atoms with Gasteiger partial charge < -0.3 is 10.0 Å². The van der Waals surface area contributed by atoms with Crippen molar-refractivity contribution in [2.45, 2.75) is 4.90 Å². The van der Waals surface area contributed by atoms with Gasteiger partial charge in [0.15, 0.2) is 0 Å². The molecule has 0 radical (unpaired) electrons. The van der Waals surface area contributed by atoms with Gasteiger partial charge in [-0.2, -0.15) is 4.31 Å². The Hall–Kier alpha value is -2.09. The smallest absolute Gasteiger partial charge is 0.335 e. The number of piperazine rings is 1. The number of hydrogen-bond donors (Lipinski definition) is 1. The SMILES string of the molecule is O=C(O)c1cccc(S(=O)(=O)N2CCN(c3ccc(Cl)cc3)CC2)c1. The Morgan fingerprint density at radius 2 is 1.64 bits per heavy atom. The molecule has 1 aliphatic heterocycles. The second kappa shape index (κ2) is 7.03. The van der Waals surface area contributed by atoms with Gasteiger partial charge in [-0.05, 0) is 42.5 Å². The van der Waals surface area contributed by atoms with E-state index in [0.29, 0.717) is 31.2 Å². The van der Waals surface area contributed by atoms with E-state index in [-0.39, 0.29) is 10.5 Å². The molecule has 0 aliphatic carbocycles. The minimum Gasteiger partial charge on any atom is -0.478 e. The minimum atomic E-state index is -3.71.